The van der Waals surface area contributed by atoms with Gasteiger partial charge in [-0.3, -0.25) is 0 Å². The molecule has 0 fully saturated rings. The van der Waals surface area contributed by atoms with Crippen molar-refractivity contribution in [2.75, 3.05) is 59.3 Å². The Kier molecular flexibility index (Phi) is 14.5. The number of nitrogens with two attached hydrogens (primary N) is 3. The smallest absolute Gasteiger partial charge is 0.408 e. The van der Waals surface area contributed by atoms with Crippen LogP contribution in [0.1, 0.15) is 40.0 Å². The lowest BCUT2D eigenvalue weighted by molar-refractivity contribution is -0.0444. The van der Waals surface area contributed by atoms with Gasteiger partial charge in [-0.25, -0.2) is 4.79 Å². The maximum absolute atomic E-state index is 12.4. The summed E-state index contributed by atoms with van der Waals surface area (Å²) < 4.78 is 22.6. The predicted octanol–water partition coefficient (Wildman–Crippen LogP) is 0.346. The molecule has 9 heteroatoms. The van der Waals surface area contributed by atoms with E-state index in [0.29, 0.717) is 39.5 Å². The van der Waals surface area contributed by atoms with E-state index in [4.69, 9.17) is 36.1 Å². The van der Waals surface area contributed by atoms with Crippen molar-refractivity contribution in [3.8, 4) is 0 Å². The number of carbonyl (C=O) groups is 1. The Hall–Kier alpha value is -0.970. The summed E-state index contributed by atoms with van der Waals surface area (Å²) in [5.41, 5.74) is 15.0. The molecule has 0 bridgehead atoms. The monoisotopic (exact) mass is 392 g/mol. The van der Waals surface area contributed by atoms with Gasteiger partial charge in [-0.15, -0.1) is 0 Å². The number of carbonyl (C=O) groups excluding carboxylic acids is 1. The van der Waals surface area contributed by atoms with Crippen LogP contribution < -0.4 is 22.5 Å². The van der Waals surface area contributed by atoms with E-state index in [1.807, 2.05) is 20.8 Å². The molecule has 0 aliphatic rings. The summed E-state index contributed by atoms with van der Waals surface area (Å²) in [6.07, 6.45) is 1.63. The molecule has 0 saturated heterocycles. The van der Waals surface area contributed by atoms with E-state index in [9.17, 15) is 4.79 Å². The lowest BCUT2D eigenvalue weighted by Gasteiger charge is -2.35. The molecule has 0 radical (unpaired) electrons. The summed E-state index contributed by atoms with van der Waals surface area (Å²) in [6, 6.07) is 0. The third kappa shape index (κ3) is 14.7. The van der Waals surface area contributed by atoms with Crippen LogP contribution in [0.2, 0.25) is 0 Å². The molecule has 7 N–H and O–H groups in total. The Balaban J connectivity index is 5.04. The highest BCUT2D eigenvalue weighted by Crippen LogP contribution is 2.13. The van der Waals surface area contributed by atoms with Crippen molar-refractivity contribution in [1.82, 2.24) is 5.32 Å². The van der Waals surface area contributed by atoms with Crippen molar-refractivity contribution >= 4 is 6.09 Å². The zero-order chi connectivity index (χ0) is 20.6. The Labute approximate surface area is 163 Å². The van der Waals surface area contributed by atoms with Crippen LogP contribution in [0.15, 0.2) is 0 Å². The summed E-state index contributed by atoms with van der Waals surface area (Å²) >= 11 is 0. The van der Waals surface area contributed by atoms with E-state index in [2.05, 4.69) is 5.32 Å². The Morgan fingerprint density at radius 1 is 0.778 bits per heavy atom. The van der Waals surface area contributed by atoms with Gasteiger partial charge in [0, 0.05) is 19.8 Å². The van der Waals surface area contributed by atoms with Crippen molar-refractivity contribution in [3.05, 3.63) is 0 Å². The lowest BCUT2D eigenvalue weighted by atomic mass is 10.0. The maximum Gasteiger partial charge on any atom is 0.408 e. The molecule has 0 rings (SSSR count). The molecule has 0 saturated carbocycles. The summed E-state index contributed by atoms with van der Waals surface area (Å²) in [7, 11) is 0. The van der Waals surface area contributed by atoms with E-state index >= 15 is 0 Å². The van der Waals surface area contributed by atoms with Crippen LogP contribution in [0.25, 0.3) is 0 Å². The van der Waals surface area contributed by atoms with Gasteiger partial charge < -0.3 is 41.5 Å². The van der Waals surface area contributed by atoms with Crippen LogP contribution >= 0.6 is 0 Å². The molecular weight excluding hydrogens is 352 g/mol. The van der Waals surface area contributed by atoms with Crippen LogP contribution in [0.4, 0.5) is 4.79 Å². The van der Waals surface area contributed by atoms with Crippen molar-refractivity contribution in [1.29, 1.82) is 0 Å². The quantitative estimate of drug-likeness (QED) is 0.275. The normalized spacial score (nSPS) is 12.2. The Morgan fingerprint density at radius 2 is 1.15 bits per heavy atom. The zero-order valence-corrected chi connectivity index (χ0v) is 17.3. The molecule has 1 amide bonds. The predicted molar refractivity (Wildman–Crippen MR) is 106 cm³/mol. The Bertz CT molecular complexity index is 346. The topological polar surface area (TPSA) is 144 Å². The van der Waals surface area contributed by atoms with Crippen LogP contribution in [-0.2, 0) is 18.9 Å². The fraction of sp³-hybridized carbons (Fsp3) is 0.944. The molecule has 0 aromatic rings. The molecule has 0 unspecified atom stereocenters. The highest BCUT2D eigenvalue weighted by Gasteiger charge is 2.35. The third-order valence-corrected chi connectivity index (χ3v) is 3.38. The average molecular weight is 393 g/mol. The van der Waals surface area contributed by atoms with Gasteiger partial charge in [0.25, 0.3) is 0 Å². The van der Waals surface area contributed by atoms with Gasteiger partial charge in [-0.2, -0.15) is 0 Å². The molecule has 0 aromatic carbocycles. The van der Waals surface area contributed by atoms with Crippen molar-refractivity contribution in [3.63, 3.8) is 0 Å². The van der Waals surface area contributed by atoms with Gasteiger partial charge in [0.1, 0.15) is 11.1 Å². The maximum atomic E-state index is 12.4. The summed E-state index contributed by atoms with van der Waals surface area (Å²) in [5.74, 6) is 0. The van der Waals surface area contributed by atoms with Gasteiger partial charge >= 0.3 is 6.09 Å². The first-order valence-corrected chi connectivity index (χ1v) is 9.63. The van der Waals surface area contributed by atoms with Crippen molar-refractivity contribution < 1.29 is 23.7 Å². The van der Waals surface area contributed by atoms with Gasteiger partial charge in [0.15, 0.2) is 0 Å². The first-order valence-electron chi connectivity index (χ1n) is 9.63. The Morgan fingerprint density at radius 3 is 1.44 bits per heavy atom. The molecule has 0 aromatic heterocycles. The largest absolute Gasteiger partial charge is 0.444 e. The number of nitrogens with one attached hydrogen (secondary N) is 1. The molecule has 27 heavy (non-hydrogen) atoms. The van der Waals surface area contributed by atoms with E-state index in [-0.39, 0.29) is 19.8 Å². The first kappa shape index (κ1) is 26.0. The molecule has 162 valence electrons. The van der Waals surface area contributed by atoms with E-state index in [0.717, 1.165) is 19.3 Å². The molecule has 0 heterocycles. The number of alkyl carbamates (subject to hydrolysis) is 1. The minimum Gasteiger partial charge on any atom is -0.444 e. The zero-order valence-electron chi connectivity index (χ0n) is 17.3. The second-order valence-electron chi connectivity index (χ2n) is 7.49. The molecule has 0 aliphatic carbocycles. The highest BCUT2D eigenvalue weighted by molar-refractivity contribution is 5.68. The molecule has 9 nitrogen and oxygen atoms in total. The number of amides is 1. The van der Waals surface area contributed by atoms with Crippen LogP contribution in [0.5, 0.6) is 0 Å². The fourth-order valence-electron chi connectivity index (χ4n) is 2.11. The van der Waals surface area contributed by atoms with E-state index in [1.165, 1.54) is 0 Å². The number of ether oxygens (including phenoxy) is 4. The fourth-order valence-corrected chi connectivity index (χ4v) is 2.11. The summed E-state index contributed by atoms with van der Waals surface area (Å²) in [5, 5.41) is 2.89. The molecule has 0 atom stereocenters. The average Bonchev–Trinajstić information content (AvgIpc) is 2.58. The summed E-state index contributed by atoms with van der Waals surface area (Å²) in [6.45, 7) is 9.14. The molecule has 0 spiro atoms. The minimum absolute atomic E-state index is 0.220. The number of rotatable bonds is 16. The SMILES string of the molecule is CC(C)(C)OC(=O)NC(COCCCN)(COCCCN)COCCCN. The van der Waals surface area contributed by atoms with Crippen molar-refractivity contribution in [2.45, 2.75) is 51.2 Å². The summed E-state index contributed by atoms with van der Waals surface area (Å²) in [4.78, 5) is 12.4. The third-order valence-electron chi connectivity index (χ3n) is 3.38. The minimum atomic E-state index is -0.875. The van der Waals surface area contributed by atoms with Crippen LogP contribution in [0.3, 0.4) is 0 Å². The number of hydrogen-bond acceptors (Lipinski definition) is 8. The van der Waals surface area contributed by atoms with Crippen LogP contribution in [0, 0.1) is 0 Å². The lowest BCUT2D eigenvalue weighted by Crippen LogP contribution is -2.59. The van der Waals surface area contributed by atoms with Gasteiger partial charge in [0.2, 0.25) is 0 Å². The first-order chi connectivity index (χ1) is 12.8. The second-order valence-corrected chi connectivity index (χ2v) is 7.49. The molecular formula is C18H40N4O5. The van der Waals surface area contributed by atoms with E-state index < -0.39 is 17.2 Å². The van der Waals surface area contributed by atoms with Gasteiger partial charge in [-0.05, 0) is 59.7 Å². The highest BCUT2D eigenvalue weighted by atomic mass is 16.6. The molecule has 0 aliphatic heterocycles. The van der Waals surface area contributed by atoms with Gasteiger partial charge in [-0.1, -0.05) is 0 Å². The number of hydrogen-bond donors (Lipinski definition) is 4. The van der Waals surface area contributed by atoms with Crippen LogP contribution in [-0.4, -0.2) is 76.5 Å². The standard InChI is InChI=1S/C18H40N4O5/c1-17(2,3)27-16(23)22-18(13-24-10-4-7-19,14-25-11-5-8-20)15-26-12-6-9-21/h4-15,19-21H2,1-3H3,(H,22,23). The van der Waals surface area contributed by atoms with Gasteiger partial charge in [0.05, 0.1) is 19.8 Å². The van der Waals surface area contributed by atoms with Crippen molar-refractivity contribution in [2.24, 2.45) is 17.2 Å². The van der Waals surface area contributed by atoms with E-state index in [1.54, 1.807) is 0 Å². The second kappa shape index (κ2) is 15.0.